The first kappa shape index (κ1) is 14.3. The molecule has 0 atom stereocenters. The lowest BCUT2D eigenvalue weighted by molar-refractivity contribution is -0.121. The number of hydrogen-bond donors (Lipinski definition) is 3. The minimum Gasteiger partial charge on any atom is -0.345 e. The van der Waals surface area contributed by atoms with Gasteiger partial charge in [0, 0.05) is 5.69 Å². The van der Waals surface area contributed by atoms with Crippen LogP contribution in [0, 0.1) is 0 Å². The van der Waals surface area contributed by atoms with E-state index in [1.54, 1.807) is 12.5 Å². The van der Waals surface area contributed by atoms with Crippen molar-refractivity contribution < 1.29 is 4.79 Å². The summed E-state index contributed by atoms with van der Waals surface area (Å²) >= 11 is 0. The maximum absolute atomic E-state index is 12.1. The Hall–Kier alpha value is -2.14. The van der Waals surface area contributed by atoms with Crippen LogP contribution in [-0.2, 0) is 4.79 Å². The second kappa shape index (κ2) is 5.88. The fraction of sp³-hybridized carbons (Fsp3) is 0.333. The van der Waals surface area contributed by atoms with Gasteiger partial charge in [-0.3, -0.25) is 4.79 Å². The van der Waals surface area contributed by atoms with Crippen molar-refractivity contribution in [2.24, 2.45) is 0 Å². The fourth-order valence-electron chi connectivity index (χ4n) is 1.96. The van der Waals surface area contributed by atoms with Crippen LogP contribution in [0.15, 0.2) is 36.8 Å². The monoisotopic (exact) mass is 272 g/mol. The summed E-state index contributed by atoms with van der Waals surface area (Å²) in [6.07, 6.45) is 3.41. The van der Waals surface area contributed by atoms with Crippen molar-refractivity contribution in [1.29, 1.82) is 0 Å². The lowest BCUT2D eigenvalue weighted by Gasteiger charge is -2.24. The number of hydrogen-bond acceptors (Lipinski definition) is 3. The molecule has 0 saturated heterocycles. The number of carbonyl (C=O) groups is 1. The third kappa shape index (κ3) is 3.24. The molecule has 1 amide bonds. The Balaban J connectivity index is 2.06. The van der Waals surface area contributed by atoms with Gasteiger partial charge in [0.25, 0.3) is 0 Å². The molecule has 2 rings (SSSR count). The number of aromatic amines is 1. The quantitative estimate of drug-likeness (QED) is 0.782. The largest absolute Gasteiger partial charge is 0.345 e. The van der Waals surface area contributed by atoms with Crippen molar-refractivity contribution in [2.75, 3.05) is 11.9 Å². The maximum Gasteiger partial charge on any atom is 0.244 e. The molecule has 0 fully saturated rings. The summed E-state index contributed by atoms with van der Waals surface area (Å²) in [6.45, 7) is 6.46. The molecule has 0 bridgehead atoms. The Labute approximate surface area is 118 Å². The summed E-state index contributed by atoms with van der Waals surface area (Å²) in [6, 6.07) is 7.67. The number of likely N-dealkylation sites (N-methyl/N-ethyl adjacent to an activating group) is 1. The molecule has 1 aromatic heterocycles. The summed E-state index contributed by atoms with van der Waals surface area (Å²) in [5, 5.41) is 6.06. The summed E-state index contributed by atoms with van der Waals surface area (Å²) in [4.78, 5) is 19.2. The fourth-order valence-corrected chi connectivity index (χ4v) is 1.96. The molecule has 0 unspecified atom stereocenters. The summed E-state index contributed by atoms with van der Waals surface area (Å²) in [5.41, 5.74) is 2.18. The van der Waals surface area contributed by atoms with E-state index in [2.05, 4.69) is 20.6 Å². The highest BCUT2D eigenvalue weighted by atomic mass is 16.2. The predicted molar refractivity (Wildman–Crippen MR) is 80.4 cm³/mol. The molecule has 5 nitrogen and oxygen atoms in total. The third-order valence-electron chi connectivity index (χ3n) is 3.14. The number of imidazole rings is 1. The van der Waals surface area contributed by atoms with E-state index in [0.29, 0.717) is 0 Å². The third-order valence-corrected chi connectivity index (χ3v) is 3.14. The molecular weight excluding hydrogens is 252 g/mol. The first-order chi connectivity index (χ1) is 9.53. The van der Waals surface area contributed by atoms with E-state index in [0.717, 1.165) is 23.5 Å². The smallest absolute Gasteiger partial charge is 0.244 e. The number of carbonyl (C=O) groups excluding carboxylic acids is 1. The van der Waals surface area contributed by atoms with E-state index in [9.17, 15) is 4.79 Å². The average Bonchev–Trinajstić information content (AvgIpc) is 2.93. The molecular formula is C15H20N4O. The molecule has 5 heteroatoms. The molecule has 20 heavy (non-hydrogen) atoms. The maximum atomic E-state index is 12.1. The summed E-state index contributed by atoms with van der Waals surface area (Å²) in [7, 11) is 0. The lowest BCUT2D eigenvalue weighted by Crippen LogP contribution is -2.49. The van der Waals surface area contributed by atoms with Crippen LogP contribution in [0.4, 0.5) is 5.69 Å². The molecule has 106 valence electrons. The second-order valence-electron chi connectivity index (χ2n) is 5.15. The highest BCUT2D eigenvalue weighted by Gasteiger charge is 2.25. The zero-order chi connectivity index (χ0) is 14.6. The van der Waals surface area contributed by atoms with Gasteiger partial charge in [-0.15, -0.1) is 0 Å². The number of rotatable bonds is 5. The number of nitrogens with zero attached hydrogens (tertiary/aromatic N) is 1. The zero-order valence-corrected chi connectivity index (χ0v) is 12.0. The van der Waals surface area contributed by atoms with Gasteiger partial charge in [0.2, 0.25) is 5.91 Å². The molecule has 0 aliphatic heterocycles. The van der Waals surface area contributed by atoms with E-state index < -0.39 is 5.54 Å². The molecule has 2 aromatic rings. The SMILES string of the molecule is CCNC(C)(C)C(=O)Nc1ccc(-c2cnc[nH]2)cc1. The predicted octanol–water partition coefficient (Wildman–Crippen LogP) is 2.40. The molecule has 0 aliphatic carbocycles. The van der Waals surface area contributed by atoms with Gasteiger partial charge in [-0.05, 0) is 38.1 Å². The molecule has 3 N–H and O–H groups in total. The Morgan fingerprint density at radius 3 is 2.55 bits per heavy atom. The minimum atomic E-state index is -0.587. The van der Waals surface area contributed by atoms with E-state index in [4.69, 9.17) is 0 Å². The van der Waals surface area contributed by atoms with Gasteiger partial charge in [-0.1, -0.05) is 19.1 Å². The number of benzene rings is 1. The Morgan fingerprint density at radius 1 is 1.30 bits per heavy atom. The number of H-pyrrole nitrogens is 1. The number of anilines is 1. The van der Waals surface area contributed by atoms with Crippen LogP contribution in [-0.4, -0.2) is 28.0 Å². The minimum absolute atomic E-state index is 0.0476. The van der Waals surface area contributed by atoms with Crippen molar-refractivity contribution in [3.63, 3.8) is 0 Å². The first-order valence-electron chi connectivity index (χ1n) is 6.68. The molecule has 0 aliphatic rings. The van der Waals surface area contributed by atoms with Gasteiger partial charge < -0.3 is 15.6 Å². The number of nitrogens with one attached hydrogen (secondary N) is 3. The highest BCUT2D eigenvalue weighted by molar-refractivity contribution is 5.97. The van der Waals surface area contributed by atoms with Crippen molar-refractivity contribution in [2.45, 2.75) is 26.3 Å². The van der Waals surface area contributed by atoms with Gasteiger partial charge in [0.05, 0.1) is 23.8 Å². The highest BCUT2D eigenvalue weighted by Crippen LogP contribution is 2.19. The Kier molecular flexibility index (Phi) is 4.20. The molecule has 0 spiro atoms. The molecule has 0 saturated carbocycles. The van der Waals surface area contributed by atoms with Gasteiger partial charge in [-0.2, -0.15) is 0 Å². The van der Waals surface area contributed by atoms with Crippen LogP contribution in [0.25, 0.3) is 11.3 Å². The number of amides is 1. The number of aromatic nitrogens is 2. The Bertz CT molecular complexity index is 558. The first-order valence-corrected chi connectivity index (χ1v) is 6.68. The van der Waals surface area contributed by atoms with Crippen LogP contribution in [0.5, 0.6) is 0 Å². The van der Waals surface area contributed by atoms with Gasteiger partial charge in [0.15, 0.2) is 0 Å². The van der Waals surface area contributed by atoms with Crippen LogP contribution < -0.4 is 10.6 Å². The van der Waals surface area contributed by atoms with Crippen molar-refractivity contribution in [3.05, 3.63) is 36.8 Å². The zero-order valence-electron chi connectivity index (χ0n) is 12.0. The summed E-state index contributed by atoms with van der Waals surface area (Å²) < 4.78 is 0. The van der Waals surface area contributed by atoms with Gasteiger partial charge in [-0.25, -0.2) is 4.98 Å². The van der Waals surface area contributed by atoms with Crippen LogP contribution in [0.2, 0.25) is 0 Å². The topological polar surface area (TPSA) is 69.8 Å². The summed E-state index contributed by atoms with van der Waals surface area (Å²) in [5.74, 6) is -0.0476. The van der Waals surface area contributed by atoms with Gasteiger partial charge in [0.1, 0.15) is 0 Å². The second-order valence-corrected chi connectivity index (χ2v) is 5.15. The van der Waals surface area contributed by atoms with Crippen molar-refractivity contribution >= 4 is 11.6 Å². The van der Waals surface area contributed by atoms with Gasteiger partial charge >= 0.3 is 0 Å². The van der Waals surface area contributed by atoms with Crippen LogP contribution >= 0.6 is 0 Å². The van der Waals surface area contributed by atoms with E-state index in [1.807, 2.05) is 45.0 Å². The van der Waals surface area contributed by atoms with Crippen molar-refractivity contribution in [3.8, 4) is 11.3 Å². The average molecular weight is 272 g/mol. The lowest BCUT2D eigenvalue weighted by atomic mass is 10.0. The Morgan fingerprint density at radius 2 is 2.00 bits per heavy atom. The van der Waals surface area contributed by atoms with E-state index in [1.165, 1.54) is 0 Å². The van der Waals surface area contributed by atoms with Crippen molar-refractivity contribution in [1.82, 2.24) is 15.3 Å². The van der Waals surface area contributed by atoms with E-state index >= 15 is 0 Å². The molecule has 1 aromatic carbocycles. The normalized spacial score (nSPS) is 11.3. The van der Waals surface area contributed by atoms with Crippen LogP contribution in [0.1, 0.15) is 20.8 Å². The van der Waals surface area contributed by atoms with E-state index in [-0.39, 0.29) is 5.91 Å². The van der Waals surface area contributed by atoms with Crippen LogP contribution in [0.3, 0.4) is 0 Å². The molecule has 0 radical (unpaired) electrons. The molecule has 1 heterocycles. The standard InChI is InChI=1S/C15H20N4O/c1-4-18-15(2,3)14(20)19-12-7-5-11(6-8-12)13-9-16-10-17-13/h5-10,18H,4H2,1-3H3,(H,16,17)(H,19,20).